The fourth-order valence-corrected chi connectivity index (χ4v) is 2.61. The second kappa shape index (κ2) is 16.5. The molecule has 0 atom stereocenters. The lowest BCUT2D eigenvalue weighted by Gasteiger charge is -2.30. The summed E-state index contributed by atoms with van der Waals surface area (Å²) < 4.78 is 0.777. The molecule has 0 saturated heterocycles. The van der Waals surface area contributed by atoms with Gasteiger partial charge in [0.25, 0.3) is 0 Å². The summed E-state index contributed by atoms with van der Waals surface area (Å²) in [4.78, 5) is 23.7. The fraction of sp³-hybridized carbons (Fsp3) is 0.727. The molecule has 0 aromatic heterocycles. The van der Waals surface area contributed by atoms with E-state index in [0.717, 1.165) is 56.1 Å². The molecule has 5 heteroatoms. The van der Waals surface area contributed by atoms with Crippen LogP contribution in [0.15, 0.2) is 24.3 Å². The van der Waals surface area contributed by atoms with Crippen molar-refractivity contribution in [3.63, 3.8) is 0 Å². The van der Waals surface area contributed by atoms with E-state index in [9.17, 15) is 9.59 Å². The van der Waals surface area contributed by atoms with Crippen LogP contribution in [0.5, 0.6) is 0 Å². The molecule has 5 nitrogen and oxygen atoms in total. The maximum atomic E-state index is 11.8. The first kappa shape index (κ1) is 25.4. The van der Waals surface area contributed by atoms with Gasteiger partial charge in [-0.25, -0.2) is 0 Å². The van der Waals surface area contributed by atoms with Gasteiger partial charge in [-0.1, -0.05) is 38.2 Å². The molecule has 0 heterocycles. The first-order valence-electron chi connectivity index (χ1n) is 10.6. The monoisotopic (exact) mass is 380 g/mol. The molecule has 0 aromatic rings. The molecular formula is C22H42N3O2+. The highest BCUT2D eigenvalue weighted by Gasteiger charge is 2.15. The molecule has 0 aliphatic heterocycles. The quantitative estimate of drug-likeness (QED) is 0.244. The Labute approximate surface area is 166 Å². The first-order chi connectivity index (χ1) is 12.9. The minimum Gasteiger partial charge on any atom is -0.350 e. The Bertz CT molecular complexity index is 416. The van der Waals surface area contributed by atoms with Gasteiger partial charge in [0.1, 0.15) is 0 Å². The zero-order chi connectivity index (χ0) is 20.4. The number of hydrogen-bond donors (Lipinski definition) is 2. The van der Waals surface area contributed by atoms with Gasteiger partial charge >= 0.3 is 0 Å². The van der Waals surface area contributed by atoms with Crippen LogP contribution >= 0.6 is 0 Å². The molecule has 27 heavy (non-hydrogen) atoms. The van der Waals surface area contributed by atoms with E-state index in [2.05, 4.69) is 62.9 Å². The van der Waals surface area contributed by atoms with Gasteiger partial charge < -0.3 is 15.1 Å². The van der Waals surface area contributed by atoms with Crippen molar-refractivity contribution in [2.24, 2.45) is 0 Å². The molecule has 0 spiro atoms. The topological polar surface area (TPSA) is 58.2 Å². The Balaban J connectivity index is 3.75. The second-order valence-electron chi connectivity index (χ2n) is 7.63. The Morgan fingerprint density at radius 2 is 1.15 bits per heavy atom. The predicted octanol–water partition coefficient (Wildman–Crippen LogP) is 3.57. The Hall–Kier alpha value is -1.62. The second-order valence-corrected chi connectivity index (χ2v) is 7.63. The summed E-state index contributed by atoms with van der Waals surface area (Å²) >= 11 is 0. The number of rotatable bonds is 16. The van der Waals surface area contributed by atoms with Crippen molar-refractivity contribution in [2.45, 2.75) is 65.2 Å². The van der Waals surface area contributed by atoms with Crippen LogP contribution in [0.1, 0.15) is 65.2 Å². The zero-order valence-corrected chi connectivity index (χ0v) is 18.1. The largest absolute Gasteiger partial charge is 0.350 e. The molecule has 0 radical (unpaired) electrons. The molecule has 0 aliphatic carbocycles. The van der Waals surface area contributed by atoms with E-state index in [4.69, 9.17) is 0 Å². The van der Waals surface area contributed by atoms with E-state index in [-0.39, 0.29) is 11.8 Å². The van der Waals surface area contributed by atoms with Crippen LogP contribution in [0.3, 0.4) is 0 Å². The molecule has 2 N–H and O–H groups in total. The summed E-state index contributed by atoms with van der Waals surface area (Å²) in [6, 6.07) is 0. The molecular weight excluding hydrogens is 338 g/mol. The van der Waals surface area contributed by atoms with Crippen LogP contribution in [0, 0.1) is 0 Å². The van der Waals surface area contributed by atoms with E-state index in [0.29, 0.717) is 25.9 Å². The lowest BCUT2D eigenvalue weighted by atomic mass is 10.2. The number of carbonyl (C=O) groups is 2. The molecule has 0 fully saturated rings. The maximum absolute atomic E-state index is 11.8. The van der Waals surface area contributed by atoms with Crippen molar-refractivity contribution in [3.8, 4) is 0 Å². The van der Waals surface area contributed by atoms with Crippen LogP contribution in [0.25, 0.3) is 0 Å². The van der Waals surface area contributed by atoms with Gasteiger partial charge in [-0.2, -0.15) is 0 Å². The van der Waals surface area contributed by atoms with Gasteiger partial charge in [0, 0.05) is 12.8 Å². The van der Waals surface area contributed by atoms with Gasteiger partial charge in [0.15, 0.2) is 0 Å². The number of hydrogen-bond acceptors (Lipinski definition) is 2. The van der Waals surface area contributed by atoms with E-state index >= 15 is 0 Å². The summed E-state index contributed by atoms with van der Waals surface area (Å²) in [6.45, 7) is 7.29. The molecule has 0 unspecified atom stereocenters. The highest BCUT2D eigenvalue weighted by atomic mass is 16.2. The number of nitrogens with zero attached hydrogens (tertiary/aromatic N) is 1. The van der Waals surface area contributed by atoms with Crippen LogP contribution < -0.4 is 10.6 Å². The summed E-state index contributed by atoms with van der Waals surface area (Å²) in [7, 11) is 4.26. The smallest absolute Gasteiger partial charge is 0.220 e. The molecule has 0 aliphatic rings. The zero-order valence-electron chi connectivity index (χ0n) is 18.1. The van der Waals surface area contributed by atoms with E-state index in [1.165, 1.54) is 0 Å². The fourth-order valence-electron chi connectivity index (χ4n) is 2.61. The predicted molar refractivity (Wildman–Crippen MR) is 114 cm³/mol. The third-order valence-corrected chi connectivity index (χ3v) is 4.43. The number of amides is 2. The van der Waals surface area contributed by atoms with Crippen molar-refractivity contribution in [3.05, 3.63) is 24.3 Å². The normalized spacial score (nSPS) is 12.0. The van der Waals surface area contributed by atoms with Crippen LogP contribution in [0.2, 0.25) is 0 Å². The van der Waals surface area contributed by atoms with Crippen LogP contribution in [0.4, 0.5) is 0 Å². The number of unbranched alkanes of at least 4 members (excludes halogenated alkanes) is 2. The number of carbonyl (C=O) groups excluding carboxylic acids is 2. The van der Waals surface area contributed by atoms with E-state index in [1.54, 1.807) is 0 Å². The van der Waals surface area contributed by atoms with E-state index in [1.807, 2.05) is 0 Å². The lowest BCUT2D eigenvalue weighted by molar-refractivity contribution is -0.887. The van der Waals surface area contributed by atoms with Gasteiger partial charge in [-0.3, -0.25) is 9.59 Å². The first-order valence-corrected chi connectivity index (χ1v) is 10.6. The minimum atomic E-state index is 0.130. The molecule has 156 valence electrons. The summed E-state index contributed by atoms with van der Waals surface area (Å²) in [5, 5.41) is 6.00. The highest BCUT2D eigenvalue weighted by Crippen LogP contribution is 2.00. The highest BCUT2D eigenvalue weighted by molar-refractivity contribution is 5.76. The Morgan fingerprint density at radius 3 is 1.52 bits per heavy atom. The van der Waals surface area contributed by atoms with Crippen molar-refractivity contribution in [1.82, 2.24) is 10.6 Å². The minimum absolute atomic E-state index is 0.130. The maximum Gasteiger partial charge on any atom is 0.220 e. The summed E-state index contributed by atoms with van der Waals surface area (Å²) in [6.07, 6.45) is 15.6. The van der Waals surface area contributed by atoms with Crippen molar-refractivity contribution >= 4 is 11.8 Å². The lowest BCUT2D eigenvalue weighted by Crippen LogP contribution is -2.49. The average Bonchev–Trinajstić information content (AvgIpc) is 2.61. The van der Waals surface area contributed by atoms with Gasteiger partial charge in [0.2, 0.25) is 11.8 Å². The molecule has 0 rings (SSSR count). The van der Waals surface area contributed by atoms with Crippen molar-refractivity contribution < 1.29 is 14.1 Å². The number of allylic oxidation sites excluding steroid dienone is 4. The van der Waals surface area contributed by atoms with Gasteiger partial charge in [-0.15, -0.1) is 0 Å². The molecule has 0 saturated carbocycles. The number of nitrogens with one attached hydrogen (secondary N) is 2. The summed E-state index contributed by atoms with van der Waals surface area (Å²) in [5.74, 6) is 0.260. The number of likely N-dealkylation sites (N-methyl/N-ethyl adjacent to an activating group) is 1. The Morgan fingerprint density at radius 1 is 0.741 bits per heavy atom. The van der Waals surface area contributed by atoms with Crippen molar-refractivity contribution in [1.29, 1.82) is 0 Å². The summed E-state index contributed by atoms with van der Waals surface area (Å²) in [5.41, 5.74) is 0. The Kier molecular flexibility index (Phi) is 15.6. The third-order valence-electron chi connectivity index (χ3n) is 4.43. The average molecular weight is 381 g/mol. The van der Waals surface area contributed by atoms with Gasteiger partial charge in [0.05, 0.1) is 40.3 Å². The van der Waals surface area contributed by atoms with Crippen molar-refractivity contribution in [2.75, 3.05) is 40.3 Å². The van der Waals surface area contributed by atoms with Gasteiger partial charge in [-0.05, 0) is 38.5 Å². The standard InChI is InChI=1S/C22H41N3O2/c1-5-7-9-11-13-15-21(26)23-17-19-25(3,4)20-18-24-22(27)16-14-12-10-8-6-2/h7-10H,5-6,11-20H2,1-4H3,(H-,23,24,26,27)/p+1/b9-7+,10-8+. The van der Waals surface area contributed by atoms with E-state index < -0.39 is 0 Å². The third kappa shape index (κ3) is 17.5. The molecule has 0 bridgehead atoms. The number of quaternary nitrogens is 1. The van der Waals surface area contributed by atoms with Crippen LogP contribution in [-0.2, 0) is 9.59 Å². The van der Waals surface area contributed by atoms with Crippen LogP contribution in [-0.4, -0.2) is 56.6 Å². The molecule has 0 aromatic carbocycles. The molecule has 2 amide bonds. The SMILES string of the molecule is CC/C=C/CCCC(=O)NCC[N+](C)(C)CCNC(=O)CCC/C=C/CC.